The van der Waals surface area contributed by atoms with Gasteiger partial charge in [0, 0.05) is 43.0 Å². The predicted octanol–water partition coefficient (Wildman–Crippen LogP) is 2.32. The molecule has 4 N–H and O–H groups in total. The number of nitrogens with two attached hydrogens (primary N) is 1. The predicted molar refractivity (Wildman–Crippen MR) is 125 cm³/mol. The summed E-state index contributed by atoms with van der Waals surface area (Å²) in [7, 11) is 1.47. The Morgan fingerprint density at radius 1 is 1.23 bits per heavy atom. The standard InChI is InChI=1S/C26H18F2N4O3/c1-32-13-5-7-20(25(32)34)26(35,21-14-16(27)8-9-22(21)28)11-4-2-3-6-17-18-10-12-30-24(18)31-15-19(17)23(29)33/h5,7-10,12-15,35H,11H2,1H3,(H2,29,33)(H,30,31). The first-order valence-electron chi connectivity index (χ1n) is 10.3. The van der Waals surface area contributed by atoms with E-state index in [4.69, 9.17) is 5.73 Å². The van der Waals surface area contributed by atoms with E-state index < -0.39 is 40.7 Å². The van der Waals surface area contributed by atoms with Gasteiger partial charge in [-0.25, -0.2) is 13.8 Å². The average molecular weight is 472 g/mol. The number of benzene rings is 1. The number of amides is 1. The number of aryl methyl sites for hydroxylation is 1. The van der Waals surface area contributed by atoms with Crippen LogP contribution in [0.5, 0.6) is 0 Å². The van der Waals surface area contributed by atoms with Crippen LogP contribution in [-0.2, 0) is 12.6 Å². The van der Waals surface area contributed by atoms with Crippen molar-refractivity contribution in [2.24, 2.45) is 12.8 Å². The molecule has 9 heteroatoms. The molecular weight excluding hydrogens is 454 g/mol. The van der Waals surface area contributed by atoms with E-state index in [0.29, 0.717) is 16.6 Å². The number of H-pyrrole nitrogens is 1. The van der Waals surface area contributed by atoms with E-state index in [1.807, 2.05) is 0 Å². The number of nitrogens with one attached hydrogen (secondary N) is 1. The van der Waals surface area contributed by atoms with E-state index in [1.165, 1.54) is 36.1 Å². The number of carbonyl (C=O) groups excluding carboxylic acids is 1. The second kappa shape index (κ2) is 9.26. The number of hydrogen-bond acceptors (Lipinski definition) is 4. The molecule has 4 aromatic rings. The molecule has 0 aliphatic rings. The van der Waals surface area contributed by atoms with Gasteiger partial charge in [0.2, 0.25) is 0 Å². The maximum absolute atomic E-state index is 14.7. The van der Waals surface area contributed by atoms with Gasteiger partial charge in [0.1, 0.15) is 22.9 Å². The van der Waals surface area contributed by atoms with Crippen LogP contribution in [0.4, 0.5) is 8.78 Å². The molecule has 3 heterocycles. The molecule has 1 unspecified atom stereocenters. The van der Waals surface area contributed by atoms with Crippen LogP contribution in [-0.4, -0.2) is 25.5 Å². The first-order valence-corrected chi connectivity index (χ1v) is 10.3. The molecule has 0 aliphatic heterocycles. The van der Waals surface area contributed by atoms with Gasteiger partial charge in [0.25, 0.3) is 11.5 Å². The summed E-state index contributed by atoms with van der Waals surface area (Å²) in [6, 6.07) is 7.12. The smallest absolute Gasteiger partial charge is 0.256 e. The van der Waals surface area contributed by atoms with Gasteiger partial charge >= 0.3 is 0 Å². The largest absolute Gasteiger partial charge is 0.379 e. The number of aromatic amines is 1. The lowest BCUT2D eigenvalue weighted by atomic mass is 9.84. The molecule has 0 fully saturated rings. The summed E-state index contributed by atoms with van der Waals surface area (Å²) < 4.78 is 29.8. The van der Waals surface area contributed by atoms with E-state index in [2.05, 4.69) is 33.6 Å². The number of carbonyl (C=O) groups is 1. The Morgan fingerprint density at radius 2 is 2.03 bits per heavy atom. The van der Waals surface area contributed by atoms with Crippen LogP contribution in [0.15, 0.2) is 59.8 Å². The summed E-state index contributed by atoms with van der Waals surface area (Å²) in [5, 5.41) is 12.0. The first kappa shape index (κ1) is 23.4. The second-order valence-electron chi connectivity index (χ2n) is 7.70. The van der Waals surface area contributed by atoms with Crippen LogP contribution in [0.3, 0.4) is 0 Å². The number of fused-ring (bicyclic) bond motifs is 1. The molecule has 0 saturated carbocycles. The molecule has 0 saturated heterocycles. The second-order valence-corrected chi connectivity index (χ2v) is 7.70. The fraction of sp³-hybridized carbons (Fsp3) is 0.115. The zero-order valence-electron chi connectivity index (χ0n) is 18.4. The Balaban J connectivity index is 1.77. The van der Waals surface area contributed by atoms with Crippen LogP contribution >= 0.6 is 0 Å². The van der Waals surface area contributed by atoms with E-state index in [0.717, 1.165) is 18.2 Å². The van der Waals surface area contributed by atoms with Crippen molar-refractivity contribution in [1.82, 2.24) is 14.5 Å². The van der Waals surface area contributed by atoms with Crippen LogP contribution in [0.25, 0.3) is 11.0 Å². The summed E-state index contributed by atoms with van der Waals surface area (Å²) in [5.41, 5.74) is 2.91. The number of primary amides is 1. The fourth-order valence-corrected chi connectivity index (χ4v) is 3.70. The van der Waals surface area contributed by atoms with E-state index in [9.17, 15) is 23.5 Å². The quantitative estimate of drug-likeness (QED) is 0.396. The average Bonchev–Trinajstić information content (AvgIpc) is 3.31. The summed E-state index contributed by atoms with van der Waals surface area (Å²) in [5.74, 6) is 8.12. The van der Waals surface area contributed by atoms with Gasteiger partial charge in [-0.3, -0.25) is 9.59 Å². The van der Waals surface area contributed by atoms with Crippen LogP contribution in [0.1, 0.15) is 33.5 Å². The highest BCUT2D eigenvalue weighted by atomic mass is 19.1. The highest BCUT2D eigenvalue weighted by molar-refractivity contribution is 6.00. The van der Waals surface area contributed by atoms with E-state index >= 15 is 0 Å². The summed E-state index contributed by atoms with van der Waals surface area (Å²) in [6.45, 7) is 0. The third kappa shape index (κ3) is 4.41. The minimum atomic E-state index is -2.25. The van der Waals surface area contributed by atoms with Crippen molar-refractivity contribution >= 4 is 16.9 Å². The number of rotatable bonds is 4. The van der Waals surface area contributed by atoms with E-state index in [1.54, 1.807) is 12.3 Å². The lowest BCUT2D eigenvalue weighted by Gasteiger charge is -2.27. The number of pyridine rings is 2. The Hall–Kier alpha value is -4.73. The zero-order chi connectivity index (χ0) is 25.2. The van der Waals surface area contributed by atoms with Crippen LogP contribution in [0.2, 0.25) is 0 Å². The molecule has 35 heavy (non-hydrogen) atoms. The molecule has 0 bridgehead atoms. The Bertz CT molecular complexity index is 1650. The van der Waals surface area contributed by atoms with Gasteiger partial charge < -0.3 is 20.4 Å². The van der Waals surface area contributed by atoms with Crippen LogP contribution < -0.4 is 11.3 Å². The molecular formula is C26H18F2N4O3. The molecule has 1 aromatic carbocycles. The molecule has 3 aromatic heterocycles. The van der Waals surface area contributed by atoms with Crippen molar-refractivity contribution in [3.05, 3.63) is 99.2 Å². The zero-order valence-corrected chi connectivity index (χ0v) is 18.4. The van der Waals surface area contributed by atoms with Crippen molar-refractivity contribution in [3.8, 4) is 23.7 Å². The third-order valence-electron chi connectivity index (χ3n) is 5.48. The molecule has 0 radical (unpaired) electrons. The van der Waals surface area contributed by atoms with Crippen LogP contribution in [0, 0.1) is 35.3 Å². The Kier molecular flexibility index (Phi) is 6.20. The molecule has 0 spiro atoms. The number of nitrogens with zero attached hydrogens (tertiary/aromatic N) is 2. The molecule has 1 amide bonds. The van der Waals surface area contributed by atoms with Crippen molar-refractivity contribution < 1.29 is 18.7 Å². The summed E-state index contributed by atoms with van der Waals surface area (Å²) >= 11 is 0. The molecule has 174 valence electrons. The Morgan fingerprint density at radius 3 is 2.80 bits per heavy atom. The van der Waals surface area contributed by atoms with Gasteiger partial charge in [0.15, 0.2) is 0 Å². The molecule has 7 nitrogen and oxygen atoms in total. The molecule has 0 aliphatic carbocycles. The van der Waals surface area contributed by atoms with E-state index in [-0.39, 0.29) is 11.1 Å². The van der Waals surface area contributed by atoms with Gasteiger partial charge in [-0.2, -0.15) is 0 Å². The fourth-order valence-electron chi connectivity index (χ4n) is 3.70. The molecule has 1 atom stereocenters. The summed E-state index contributed by atoms with van der Waals surface area (Å²) in [6.07, 6.45) is 3.95. The molecule has 4 rings (SSSR count). The SMILES string of the molecule is Cn1cccc(C(O)(CC#CC#Cc2c(C(N)=O)cnc3[nH]ccc23)c2cc(F)ccc2F)c1=O. The number of aromatic nitrogens is 3. The van der Waals surface area contributed by atoms with Gasteiger partial charge in [-0.05, 0) is 48.2 Å². The first-order chi connectivity index (χ1) is 16.7. The van der Waals surface area contributed by atoms with Crippen molar-refractivity contribution in [1.29, 1.82) is 0 Å². The normalized spacial score (nSPS) is 12.2. The third-order valence-corrected chi connectivity index (χ3v) is 5.48. The maximum Gasteiger partial charge on any atom is 0.256 e. The maximum atomic E-state index is 14.7. The minimum Gasteiger partial charge on any atom is -0.379 e. The summed E-state index contributed by atoms with van der Waals surface area (Å²) in [4.78, 5) is 31.5. The number of aliphatic hydroxyl groups is 1. The Labute approximate surface area is 198 Å². The van der Waals surface area contributed by atoms with Gasteiger partial charge in [-0.1, -0.05) is 11.8 Å². The minimum absolute atomic E-state index is 0.109. The van der Waals surface area contributed by atoms with Gasteiger partial charge in [-0.15, -0.1) is 0 Å². The highest BCUT2D eigenvalue weighted by Gasteiger charge is 2.36. The lowest BCUT2D eigenvalue weighted by Crippen LogP contribution is -2.36. The highest BCUT2D eigenvalue weighted by Crippen LogP contribution is 2.33. The van der Waals surface area contributed by atoms with Crippen molar-refractivity contribution in [2.45, 2.75) is 12.0 Å². The van der Waals surface area contributed by atoms with Gasteiger partial charge in [0.05, 0.1) is 16.7 Å². The monoisotopic (exact) mass is 472 g/mol. The van der Waals surface area contributed by atoms with Crippen molar-refractivity contribution in [3.63, 3.8) is 0 Å². The topological polar surface area (TPSA) is 114 Å². The number of halogens is 2. The number of hydrogen-bond donors (Lipinski definition) is 3. The van der Waals surface area contributed by atoms with Crippen molar-refractivity contribution in [2.75, 3.05) is 0 Å². The lowest BCUT2D eigenvalue weighted by molar-refractivity contribution is 0.0800.